The molecule has 1 unspecified atom stereocenters. The van der Waals surface area contributed by atoms with E-state index in [9.17, 15) is 9.59 Å². The number of carbonyl (C=O) groups excluding carboxylic acids is 1. The molecule has 0 amide bonds. The molecule has 0 radical (unpaired) electrons. The molecule has 0 heterocycles. The minimum Gasteiger partial charge on any atom is -0.480 e. The van der Waals surface area contributed by atoms with Crippen LogP contribution >= 0.6 is 0 Å². The van der Waals surface area contributed by atoms with Gasteiger partial charge in [0.25, 0.3) is 0 Å². The zero-order chi connectivity index (χ0) is 11.6. The molecule has 0 aliphatic heterocycles. The van der Waals surface area contributed by atoms with Gasteiger partial charge in [-0.25, -0.2) is 0 Å². The van der Waals surface area contributed by atoms with Crippen molar-refractivity contribution < 1.29 is 14.7 Å². The van der Waals surface area contributed by atoms with E-state index in [1.807, 2.05) is 0 Å². The van der Waals surface area contributed by atoms with Crippen molar-refractivity contribution in [3.05, 3.63) is 23.8 Å². The van der Waals surface area contributed by atoms with E-state index in [2.05, 4.69) is 0 Å². The number of hydrogen-bond acceptors (Lipinski definition) is 4. The molecule has 0 spiro atoms. The smallest absolute Gasteiger partial charge is 0.318 e. The van der Waals surface area contributed by atoms with Crippen LogP contribution in [0, 0.1) is 0 Å². The van der Waals surface area contributed by atoms with Crippen LogP contribution in [0.3, 0.4) is 0 Å². The number of nitrogens with two attached hydrogens (primary N) is 2. The Morgan fingerprint density at radius 2 is 1.93 bits per heavy atom. The first-order valence-electron chi connectivity index (χ1n) is 4.31. The van der Waals surface area contributed by atoms with E-state index in [-0.39, 0.29) is 11.3 Å². The molecule has 1 rings (SSSR count). The normalized spacial score (nSPS) is 12.1. The van der Waals surface area contributed by atoms with Gasteiger partial charge < -0.3 is 16.6 Å². The first kappa shape index (κ1) is 11.0. The number of rotatable bonds is 3. The topological polar surface area (TPSA) is 106 Å². The van der Waals surface area contributed by atoms with Crippen LogP contribution in [0.4, 0.5) is 11.4 Å². The van der Waals surface area contributed by atoms with E-state index < -0.39 is 17.7 Å². The molecule has 15 heavy (non-hydrogen) atoms. The molecule has 5 N–H and O–H groups in total. The lowest BCUT2D eigenvalue weighted by atomic mass is 9.94. The number of nitrogen functional groups attached to an aromatic ring is 2. The van der Waals surface area contributed by atoms with Gasteiger partial charge in [0.05, 0.1) is 0 Å². The molecule has 1 atom stereocenters. The maximum atomic E-state index is 11.2. The second-order valence-corrected chi connectivity index (χ2v) is 3.27. The van der Waals surface area contributed by atoms with Crippen LogP contribution in [0.1, 0.15) is 18.4 Å². The monoisotopic (exact) mass is 208 g/mol. The Kier molecular flexibility index (Phi) is 2.94. The molecular weight excluding hydrogens is 196 g/mol. The summed E-state index contributed by atoms with van der Waals surface area (Å²) in [5.74, 6) is -2.94. The summed E-state index contributed by atoms with van der Waals surface area (Å²) in [6, 6.07) is 4.46. The quantitative estimate of drug-likeness (QED) is 0.498. The van der Waals surface area contributed by atoms with Crippen LogP contribution in [0.15, 0.2) is 18.2 Å². The van der Waals surface area contributed by atoms with E-state index in [0.29, 0.717) is 5.69 Å². The standard InChI is InChI=1S/C10H12N2O3/c1-5(13)9(10(14)15)7-4-6(11)2-3-8(7)12/h2-4,9H,11-12H2,1H3,(H,14,15). The molecule has 5 heteroatoms. The molecule has 1 aromatic rings. The van der Waals surface area contributed by atoms with Gasteiger partial charge in [0.2, 0.25) is 0 Å². The summed E-state index contributed by atoms with van der Waals surface area (Å²) in [6.45, 7) is 1.21. The molecule has 0 aliphatic rings. The summed E-state index contributed by atoms with van der Waals surface area (Å²) in [5, 5.41) is 8.90. The van der Waals surface area contributed by atoms with Gasteiger partial charge in [0.1, 0.15) is 11.7 Å². The summed E-state index contributed by atoms with van der Waals surface area (Å²) in [6.07, 6.45) is 0. The number of anilines is 2. The fraction of sp³-hybridized carbons (Fsp3) is 0.200. The van der Waals surface area contributed by atoms with Crippen molar-refractivity contribution in [1.29, 1.82) is 0 Å². The van der Waals surface area contributed by atoms with Crippen LogP contribution in [-0.2, 0) is 9.59 Å². The van der Waals surface area contributed by atoms with Crippen molar-refractivity contribution in [2.24, 2.45) is 0 Å². The highest BCUT2D eigenvalue weighted by Crippen LogP contribution is 2.25. The van der Waals surface area contributed by atoms with Gasteiger partial charge in [-0.3, -0.25) is 9.59 Å². The summed E-state index contributed by atoms with van der Waals surface area (Å²) in [7, 11) is 0. The van der Waals surface area contributed by atoms with E-state index >= 15 is 0 Å². The summed E-state index contributed by atoms with van der Waals surface area (Å²) in [4.78, 5) is 22.1. The predicted octanol–water partition coefficient (Wildman–Crippen LogP) is 0.608. The lowest BCUT2D eigenvalue weighted by molar-refractivity contribution is -0.142. The molecule has 1 aromatic carbocycles. The first-order valence-corrected chi connectivity index (χ1v) is 4.31. The Morgan fingerprint density at radius 3 is 2.40 bits per heavy atom. The average molecular weight is 208 g/mol. The maximum absolute atomic E-state index is 11.2. The van der Waals surface area contributed by atoms with E-state index in [1.54, 1.807) is 6.07 Å². The predicted molar refractivity (Wildman–Crippen MR) is 56.3 cm³/mol. The van der Waals surface area contributed by atoms with Gasteiger partial charge in [-0.05, 0) is 30.7 Å². The number of hydrogen-bond donors (Lipinski definition) is 3. The van der Waals surface area contributed by atoms with Gasteiger partial charge in [0.15, 0.2) is 0 Å². The average Bonchev–Trinajstić information content (AvgIpc) is 2.10. The number of carboxylic acids is 1. The molecule has 0 fully saturated rings. The number of carboxylic acid groups (broad SMARTS) is 1. The Bertz CT molecular complexity index is 401. The van der Waals surface area contributed by atoms with Gasteiger partial charge in [-0.15, -0.1) is 0 Å². The van der Waals surface area contributed by atoms with Crippen LogP contribution < -0.4 is 11.5 Å². The molecule has 0 aliphatic carbocycles. The maximum Gasteiger partial charge on any atom is 0.318 e. The molecule has 0 saturated heterocycles. The Hall–Kier alpha value is -2.04. The third kappa shape index (κ3) is 2.25. The second kappa shape index (κ2) is 4.00. The third-order valence-corrected chi connectivity index (χ3v) is 2.08. The second-order valence-electron chi connectivity index (χ2n) is 3.27. The van der Waals surface area contributed by atoms with Crippen LogP contribution in [-0.4, -0.2) is 16.9 Å². The lowest BCUT2D eigenvalue weighted by Crippen LogP contribution is -2.20. The van der Waals surface area contributed by atoms with Crippen molar-refractivity contribution in [3.8, 4) is 0 Å². The molecule has 0 aromatic heterocycles. The minimum atomic E-state index is -1.24. The van der Waals surface area contributed by atoms with Crippen molar-refractivity contribution in [2.75, 3.05) is 11.5 Å². The molecular formula is C10H12N2O3. The Morgan fingerprint density at radius 1 is 1.33 bits per heavy atom. The fourth-order valence-corrected chi connectivity index (χ4v) is 1.37. The highest BCUT2D eigenvalue weighted by atomic mass is 16.4. The number of benzene rings is 1. The van der Waals surface area contributed by atoms with Gasteiger partial charge in [-0.1, -0.05) is 0 Å². The number of carbonyl (C=O) groups is 2. The van der Waals surface area contributed by atoms with E-state index in [4.69, 9.17) is 16.6 Å². The highest BCUT2D eigenvalue weighted by Gasteiger charge is 2.26. The van der Waals surface area contributed by atoms with Gasteiger partial charge in [0, 0.05) is 11.4 Å². The third-order valence-electron chi connectivity index (χ3n) is 2.08. The van der Waals surface area contributed by atoms with E-state index in [1.165, 1.54) is 19.1 Å². The summed E-state index contributed by atoms with van der Waals surface area (Å²) >= 11 is 0. The van der Waals surface area contributed by atoms with Crippen molar-refractivity contribution in [1.82, 2.24) is 0 Å². The zero-order valence-electron chi connectivity index (χ0n) is 8.23. The zero-order valence-corrected chi connectivity index (χ0v) is 8.23. The van der Waals surface area contributed by atoms with E-state index in [0.717, 1.165) is 0 Å². The molecule has 80 valence electrons. The van der Waals surface area contributed by atoms with Crippen LogP contribution in [0.25, 0.3) is 0 Å². The number of Topliss-reactive ketones (excluding diaryl/α,β-unsaturated/α-hetero) is 1. The summed E-state index contributed by atoms with van der Waals surface area (Å²) < 4.78 is 0. The van der Waals surface area contributed by atoms with Crippen molar-refractivity contribution >= 4 is 23.1 Å². The van der Waals surface area contributed by atoms with Crippen LogP contribution in [0.2, 0.25) is 0 Å². The number of aliphatic carboxylic acids is 1. The molecule has 0 saturated carbocycles. The highest BCUT2D eigenvalue weighted by molar-refractivity contribution is 6.03. The Labute approximate surface area is 86.7 Å². The lowest BCUT2D eigenvalue weighted by Gasteiger charge is -2.12. The number of ketones is 1. The Balaban J connectivity index is 3.28. The van der Waals surface area contributed by atoms with Crippen molar-refractivity contribution in [3.63, 3.8) is 0 Å². The largest absolute Gasteiger partial charge is 0.480 e. The van der Waals surface area contributed by atoms with Crippen LogP contribution in [0.5, 0.6) is 0 Å². The van der Waals surface area contributed by atoms with Gasteiger partial charge >= 0.3 is 5.97 Å². The fourth-order valence-electron chi connectivity index (χ4n) is 1.37. The first-order chi connectivity index (χ1) is 6.93. The summed E-state index contributed by atoms with van der Waals surface area (Å²) in [5.41, 5.74) is 12.0. The SMILES string of the molecule is CC(=O)C(C(=O)O)c1cc(N)ccc1N. The molecule has 5 nitrogen and oxygen atoms in total. The molecule has 0 bridgehead atoms. The van der Waals surface area contributed by atoms with Crippen molar-refractivity contribution in [2.45, 2.75) is 12.8 Å². The van der Waals surface area contributed by atoms with Gasteiger partial charge in [-0.2, -0.15) is 0 Å². The minimum absolute atomic E-state index is 0.245.